The van der Waals surface area contributed by atoms with E-state index in [0.717, 1.165) is 17.0 Å². The minimum absolute atomic E-state index is 0.285. The van der Waals surface area contributed by atoms with Gasteiger partial charge in [0.2, 0.25) is 5.01 Å². The molecule has 0 aliphatic heterocycles. The molecule has 0 aliphatic rings. The van der Waals surface area contributed by atoms with E-state index >= 15 is 0 Å². The Hall–Kier alpha value is -2.93. The van der Waals surface area contributed by atoms with E-state index in [2.05, 4.69) is 4.98 Å². The van der Waals surface area contributed by atoms with E-state index in [1.807, 2.05) is 41.8 Å². The van der Waals surface area contributed by atoms with Crippen molar-refractivity contribution in [2.24, 2.45) is 5.73 Å². The van der Waals surface area contributed by atoms with Crippen LogP contribution in [0, 0.1) is 6.92 Å². The van der Waals surface area contributed by atoms with Crippen LogP contribution in [0.1, 0.15) is 38.3 Å². The average molecular weight is 369 g/mol. The van der Waals surface area contributed by atoms with Gasteiger partial charge >= 0.3 is 5.97 Å². The molecule has 0 bridgehead atoms. The monoisotopic (exact) mass is 369 g/mol. The minimum Gasteiger partial charge on any atom is -0.461 e. The summed E-state index contributed by atoms with van der Waals surface area (Å²) in [7, 11) is 0. The lowest BCUT2D eigenvalue weighted by Gasteiger charge is -2.11. The summed E-state index contributed by atoms with van der Waals surface area (Å²) in [6.45, 7) is 4.47. The number of rotatable bonds is 6. The van der Waals surface area contributed by atoms with Gasteiger partial charge in [0.1, 0.15) is 0 Å². The van der Waals surface area contributed by atoms with Crippen LogP contribution >= 0.6 is 11.3 Å². The Bertz CT molecular complexity index is 944. The number of nitrogens with zero attached hydrogens (tertiary/aromatic N) is 2. The van der Waals surface area contributed by atoms with Crippen molar-refractivity contribution in [1.82, 2.24) is 9.55 Å². The summed E-state index contributed by atoms with van der Waals surface area (Å²) in [4.78, 5) is 28.1. The highest BCUT2D eigenvalue weighted by Gasteiger charge is 2.20. The van der Waals surface area contributed by atoms with E-state index in [4.69, 9.17) is 10.5 Å². The predicted molar refractivity (Wildman–Crippen MR) is 100 cm³/mol. The number of hydrogen-bond donors (Lipinski definition) is 1. The Labute approximate surface area is 155 Å². The van der Waals surface area contributed by atoms with E-state index in [-0.39, 0.29) is 5.01 Å². The van der Waals surface area contributed by atoms with Crippen molar-refractivity contribution in [2.45, 2.75) is 20.4 Å². The number of carbonyl (C=O) groups is 2. The number of nitrogens with two attached hydrogens (primary N) is 1. The molecular formula is C19H19N3O3S. The second-order valence-electron chi connectivity index (χ2n) is 5.72. The summed E-state index contributed by atoms with van der Waals surface area (Å²) >= 11 is 1.22. The predicted octanol–water partition coefficient (Wildman–Crippen LogP) is 3.24. The number of amides is 1. The highest BCUT2D eigenvalue weighted by atomic mass is 32.1. The molecule has 6 nitrogen and oxygen atoms in total. The van der Waals surface area contributed by atoms with E-state index < -0.39 is 11.9 Å². The fourth-order valence-electron chi connectivity index (χ4n) is 2.75. The lowest BCUT2D eigenvalue weighted by atomic mass is 10.2. The molecule has 7 heteroatoms. The lowest BCUT2D eigenvalue weighted by Crippen LogP contribution is -2.12. The van der Waals surface area contributed by atoms with Gasteiger partial charge in [0.15, 0.2) is 0 Å². The topological polar surface area (TPSA) is 87.2 Å². The van der Waals surface area contributed by atoms with Gasteiger partial charge in [0.25, 0.3) is 5.91 Å². The molecule has 26 heavy (non-hydrogen) atoms. The van der Waals surface area contributed by atoms with Crippen molar-refractivity contribution in [3.05, 3.63) is 63.6 Å². The normalized spacial score (nSPS) is 10.7. The maximum atomic E-state index is 11.9. The van der Waals surface area contributed by atoms with Gasteiger partial charge in [-0.05, 0) is 25.5 Å². The van der Waals surface area contributed by atoms with Crippen LogP contribution in [0.25, 0.3) is 11.4 Å². The highest BCUT2D eigenvalue weighted by Crippen LogP contribution is 2.28. The Morgan fingerprint density at radius 1 is 1.27 bits per heavy atom. The van der Waals surface area contributed by atoms with Crippen LogP contribution in [0.15, 0.2) is 41.8 Å². The maximum absolute atomic E-state index is 11.9. The molecule has 0 aliphatic carbocycles. The van der Waals surface area contributed by atoms with E-state index in [0.29, 0.717) is 24.4 Å². The summed E-state index contributed by atoms with van der Waals surface area (Å²) in [5, 5.41) is 2.07. The molecule has 0 saturated carbocycles. The fourth-order valence-corrected chi connectivity index (χ4v) is 3.46. The minimum atomic E-state index is -0.489. The van der Waals surface area contributed by atoms with Crippen LogP contribution in [0.5, 0.6) is 0 Å². The van der Waals surface area contributed by atoms with Crippen molar-refractivity contribution in [3.8, 4) is 11.4 Å². The fraction of sp³-hybridized carbons (Fsp3) is 0.211. The Kier molecular flexibility index (Phi) is 5.18. The molecule has 3 rings (SSSR count). The summed E-state index contributed by atoms with van der Waals surface area (Å²) in [6.07, 6.45) is 0. The van der Waals surface area contributed by atoms with Crippen LogP contribution in [0.2, 0.25) is 0 Å². The van der Waals surface area contributed by atoms with Crippen molar-refractivity contribution in [3.63, 3.8) is 0 Å². The number of thiazole rings is 1. The van der Waals surface area contributed by atoms with Crippen LogP contribution in [-0.4, -0.2) is 28.0 Å². The molecule has 2 N–H and O–H groups in total. The molecule has 3 aromatic rings. The van der Waals surface area contributed by atoms with Crippen molar-refractivity contribution in [2.75, 3.05) is 6.61 Å². The molecule has 134 valence electrons. The van der Waals surface area contributed by atoms with Crippen LogP contribution in [0.4, 0.5) is 0 Å². The van der Waals surface area contributed by atoms with Gasteiger partial charge in [-0.25, -0.2) is 9.78 Å². The number of ether oxygens (including phenoxy) is 1. The Balaban J connectivity index is 2.04. The second kappa shape index (κ2) is 7.53. The van der Waals surface area contributed by atoms with Crippen LogP contribution < -0.4 is 5.73 Å². The third-order valence-corrected chi connectivity index (χ3v) is 4.85. The summed E-state index contributed by atoms with van der Waals surface area (Å²) in [5.74, 6) is -0.937. The first-order valence-electron chi connectivity index (χ1n) is 8.18. The number of primary amides is 1. The van der Waals surface area contributed by atoms with Crippen LogP contribution in [0.3, 0.4) is 0 Å². The smallest absolute Gasteiger partial charge is 0.367 e. The number of hydrogen-bond acceptors (Lipinski definition) is 5. The van der Waals surface area contributed by atoms with Gasteiger partial charge in [0, 0.05) is 17.6 Å². The average Bonchev–Trinajstić information content (AvgIpc) is 3.22. The van der Waals surface area contributed by atoms with E-state index in [1.54, 1.807) is 18.4 Å². The summed E-state index contributed by atoms with van der Waals surface area (Å²) in [6, 6.07) is 11.6. The molecule has 1 aromatic carbocycles. The molecule has 0 radical (unpaired) electrons. The maximum Gasteiger partial charge on any atom is 0.367 e. The first-order valence-corrected chi connectivity index (χ1v) is 9.06. The Morgan fingerprint density at radius 2 is 2.00 bits per heavy atom. The largest absolute Gasteiger partial charge is 0.461 e. The quantitative estimate of drug-likeness (QED) is 0.676. The van der Waals surface area contributed by atoms with Gasteiger partial charge in [-0.2, -0.15) is 0 Å². The lowest BCUT2D eigenvalue weighted by molar-refractivity contribution is 0.0526. The first-order chi connectivity index (χ1) is 12.5. The van der Waals surface area contributed by atoms with Crippen molar-refractivity contribution < 1.29 is 14.3 Å². The zero-order valence-corrected chi connectivity index (χ0v) is 15.4. The van der Waals surface area contributed by atoms with Crippen molar-refractivity contribution in [1.29, 1.82) is 0 Å². The molecule has 0 spiro atoms. The summed E-state index contributed by atoms with van der Waals surface area (Å²) in [5.41, 5.74) is 9.17. The molecular weight excluding hydrogens is 350 g/mol. The number of aromatic nitrogens is 2. The highest BCUT2D eigenvalue weighted by molar-refractivity contribution is 7.11. The van der Waals surface area contributed by atoms with Crippen LogP contribution in [-0.2, 0) is 11.3 Å². The molecule has 0 unspecified atom stereocenters. The number of carbonyl (C=O) groups excluding carboxylic acids is 2. The molecule has 0 fully saturated rings. The molecule has 0 atom stereocenters. The zero-order valence-electron chi connectivity index (χ0n) is 14.6. The first kappa shape index (κ1) is 17.9. The van der Waals surface area contributed by atoms with Gasteiger partial charge in [-0.1, -0.05) is 30.3 Å². The van der Waals surface area contributed by atoms with E-state index in [9.17, 15) is 9.59 Å². The molecule has 2 heterocycles. The summed E-state index contributed by atoms with van der Waals surface area (Å²) < 4.78 is 6.98. The Morgan fingerprint density at radius 3 is 2.65 bits per heavy atom. The standard InChI is InChI=1S/C19H19N3O3S/c1-3-25-19(24)18-21-15(11-26-18)16-9-14(17(20)23)12(2)22(16)10-13-7-5-4-6-8-13/h4-9,11H,3,10H2,1-2H3,(H2,20,23). The van der Waals surface area contributed by atoms with Gasteiger partial charge in [0.05, 0.1) is 23.6 Å². The number of esters is 1. The van der Waals surface area contributed by atoms with E-state index in [1.165, 1.54) is 11.3 Å². The SMILES string of the molecule is CCOC(=O)c1nc(-c2cc(C(N)=O)c(C)n2Cc2ccccc2)cs1. The van der Waals surface area contributed by atoms with Gasteiger partial charge < -0.3 is 15.0 Å². The van der Waals surface area contributed by atoms with Crippen molar-refractivity contribution >= 4 is 23.2 Å². The molecule has 2 aromatic heterocycles. The van der Waals surface area contributed by atoms with Gasteiger partial charge in [-0.3, -0.25) is 4.79 Å². The third kappa shape index (κ3) is 3.52. The third-order valence-electron chi connectivity index (χ3n) is 4.03. The molecule has 0 saturated heterocycles. The van der Waals surface area contributed by atoms with Gasteiger partial charge in [-0.15, -0.1) is 11.3 Å². The zero-order chi connectivity index (χ0) is 18.7. The number of benzene rings is 1. The molecule has 1 amide bonds. The second-order valence-corrected chi connectivity index (χ2v) is 6.58.